The number of pyridine rings is 1. The largest absolute Gasteiger partial charge is 0.381 e. The standard InChI is InChI=1S/C24H31N7OS/c1-5-19-22(26-16-6-8-18(32-4)9-7-16)23-20(10-11-31(23)17-13-25-30(3)14-17)27-24(19)28-21-12-15(2)29-33-21/h10-14,16,18H,5-9H2,1-4H3,(H2,26,27,28). The van der Waals surface area contributed by atoms with Gasteiger partial charge in [0, 0.05) is 38.2 Å². The van der Waals surface area contributed by atoms with E-state index < -0.39 is 0 Å². The van der Waals surface area contributed by atoms with Gasteiger partial charge in [-0.2, -0.15) is 9.47 Å². The van der Waals surface area contributed by atoms with Crippen LogP contribution in [-0.4, -0.2) is 43.0 Å². The van der Waals surface area contributed by atoms with Crippen LogP contribution in [0.2, 0.25) is 0 Å². The molecule has 9 heteroatoms. The Kier molecular flexibility index (Phi) is 6.07. The van der Waals surface area contributed by atoms with Gasteiger partial charge in [-0.05, 0) is 62.7 Å². The number of hydrogen-bond acceptors (Lipinski definition) is 7. The topological polar surface area (TPSA) is 81.8 Å². The van der Waals surface area contributed by atoms with Gasteiger partial charge in [-0.25, -0.2) is 4.98 Å². The number of hydrogen-bond donors (Lipinski definition) is 2. The third kappa shape index (κ3) is 4.35. The van der Waals surface area contributed by atoms with Crippen molar-refractivity contribution in [2.24, 2.45) is 7.05 Å². The predicted molar refractivity (Wildman–Crippen MR) is 134 cm³/mol. The van der Waals surface area contributed by atoms with Crippen LogP contribution in [0.4, 0.5) is 16.5 Å². The van der Waals surface area contributed by atoms with E-state index in [2.05, 4.69) is 49.9 Å². The molecule has 1 saturated carbocycles. The van der Waals surface area contributed by atoms with Crippen LogP contribution in [0.1, 0.15) is 43.9 Å². The summed E-state index contributed by atoms with van der Waals surface area (Å²) in [6.07, 6.45) is 11.6. The van der Waals surface area contributed by atoms with E-state index in [0.29, 0.717) is 12.1 Å². The number of rotatable bonds is 7. The van der Waals surface area contributed by atoms with Gasteiger partial charge in [-0.1, -0.05) is 6.92 Å². The first kappa shape index (κ1) is 21.9. The van der Waals surface area contributed by atoms with Crippen LogP contribution < -0.4 is 10.6 Å². The number of fused-ring (bicyclic) bond motifs is 1. The number of anilines is 3. The lowest BCUT2D eigenvalue weighted by Gasteiger charge is -2.30. The molecule has 1 fully saturated rings. The molecule has 4 heterocycles. The smallest absolute Gasteiger partial charge is 0.137 e. The highest BCUT2D eigenvalue weighted by molar-refractivity contribution is 7.10. The maximum absolute atomic E-state index is 5.59. The van der Waals surface area contributed by atoms with Crippen LogP contribution in [0.5, 0.6) is 0 Å². The molecular formula is C24H31N7OS. The Bertz CT molecular complexity index is 1250. The fraction of sp³-hybridized carbons (Fsp3) is 0.458. The molecular weight excluding hydrogens is 434 g/mol. The monoisotopic (exact) mass is 465 g/mol. The van der Waals surface area contributed by atoms with Gasteiger partial charge in [0.1, 0.15) is 10.8 Å². The van der Waals surface area contributed by atoms with Crippen molar-refractivity contribution < 1.29 is 4.74 Å². The lowest BCUT2D eigenvalue weighted by molar-refractivity contribution is 0.0682. The second-order valence-corrected chi connectivity index (χ2v) is 9.58. The van der Waals surface area contributed by atoms with Crippen molar-refractivity contribution in [2.45, 2.75) is 58.1 Å². The van der Waals surface area contributed by atoms with Gasteiger partial charge in [0.15, 0.2) is 0 Å². The van der Waals surface area contributed by atoms with Crippen molar-refractivity contribution in [3.05, 3.63) is 42.0 Å². The molecule has 8 nitrogen and oxygen atoms in total. The molecule has 0 amide bonds. The summed E-state index contributed by atoms with van der Waals surface area (Å²) < 4.78 is 14.0. The minimum Gasteiger partial charge on any atom is -0.381 e. The van der Waals surface area contributed by atoms with Crippen molar-refractivity contribution in [3.8, 4) is 5.69 Å². The van der Waals surface area contributed by atoms with E-state index in [0.717, 1.165) is 71.0 Å². The van der Waals surface area contributed by atoms with Gasteiger partial charge < -0.3 is 19.9 Å². The van der Waals surface area contributed by atoms with Crippen LogP contribution in [-0.2, 0) is 18.2 Å². The van der Waals surface area contributed by atoms with Crippen LogP contribution in [0.3, 0.4) is 0 Å². The minimum absolute atomic E-state index is 0.372. The SMILES string of the molecule is CCc1c(Nc2cc(C)ns2)nc2ccn(-c3cnn(C)c3)c2c1NC1CCC(OC)CC1. The summed E-state index contributed by atoms with van der Waals surface area (Å²) in [6, 6.07) is 4.55. The van der Waals surface area contributed by atoms with E-state index in [1.54, 1.807) is 0 Å². The normalized spacial score (nSPS) is 18.7. The maximum Gasteiger partial charge on any atom is 0.137 e. The number of aryl methyl sites for hydroxylation is 2. The van der Waals surface area contributed by atoms with Gasteiger partial charge >= 0.3 is 0 Å². The van der Waals surface area contributed by atoms with Crippen LogP contribution in [0, 0.1) is 6.92 Å². The predicted octanol–water partition coefficient (Wildman–Crippen LogP) is 5.20. The van der Waals surface area contributed by atoms with Crippen molar-refractivity contribution in [3.63, 3.8) is 0 Å². The van der Waals surface area contributed by atoms with Crippen LogP contribution in [0.25, 0.3) is 16.7 Å². The van der Waals surface area contributed by atoms with Crippen molar-refractivity contribution in [1.82, 2.24) is 23.7 Å². The molecule has 0 aliphatic heterocycles. The summed E-state index contributed by atoms with van der Waals surface area (Å²) in [6.45, 7) is 4.20. The van der Waals surface area contributed by atoms with E-state index in [4.69, 9.17) is 9.72 Å². The quantitative estimate of drug-likeness (QED) is 0.390. The first-order valence-electron chi connectivity index (χ1n) is 11.6. The molecule has 1 aliphatic carbocycles. The summed E-state index contributed by atoms with van der Waals surface area (Å²) in [4.78, 5) is 5.04. The Morgan fingerprint density at radius 1 is 1.24 bits per heavy atom. The van der Waals surface area contributed by atoms with Crippen LogP contribution >= 0.6 is 11.5 Å². The Morgan fingerprint density at radius 3 is 2.70 bits per heavy atom. The van der Waals surface area contributed by atoms with E-state index in [1.807, 2.05) is 38.2 Å². The molecule has 2 N–H and O–H groups in total. The van der Waals surface area contributed by atoms with Gasteiger partial charge in [0.2, 0.25) is 0 Å². The lowest BCUT2D eigenvalue weighted by Crippen LogP contribution is -2.30. The summed E-state index contributed by atoms with van der Waals surface area (Å²) >= 11 is 1.47. The Hall–Kier alpha value is -2.91. The molecule has 174 valence electrons. The van der Waals surface area contributed by atoms with E-state index in [9.17, 15) is 0 Å². The molecule has 33 heavy (non-hydrogen) atoms. The molecule has 4 aromatic heterocycles. The fourth-order valence-corrected chi connectivity index (χ4v) is 5.41. The summed E-state index contributed by atoms with van der Waals surface area (Å²) in [5.74, 6) is 0.894. The molecule has 1 aliphatic rings. The highest BCUT2D eigenvalue weighted by Gasteiger charge is 2.25. The van der Waals surface area contributed by atoms with Gasteiger partial charge in [-0.15, -0.1) is 0 Å². The molecule has 0 spiro atoms. The Morgan fingerprint density at radius 2 is 2.06 bits per heavy atom. The molecule has 0 radical (unpaired) electrons. The summed E-state index contributed by atoms with van der Waals surface area (Å²) in [5, 5.41) is 12.9. The Labute approximate surface area is 198 Å². The highest BCUT2D eigenvalue weighted by Crippen LogP contribution is 2.37. The first-order valence-corrected chi connectivity index (χ1v) is 12.4. The zero-order chi connectivity index (χ0) is 22.9. The zero-order valence-corrected chi connectivity index (χ0v) is 20.4. The number of aromatic nitrogens is 5. The summed E-state index contributed by atoms with van der Waals surface area (Å²) in [5.41, 5.74) is 6.43. The molecule has 0 atom stereocenters. The number of nitrogens with one attached hydrogen (secondary N) is 2. The second-order valence-electron chi connectivity index (χ2n) is 8.77. The molecule has 4 aromatic rings. The molecule has 0 unspecified atom stereocenters. The third-order valence-corrected chi connectivity index (χ3v) is 7.27. The zero-order valence-electron chi connectivity index (χ0n) is 19.6. The minimum atomic E-state index is 0.372. The average molecular weight is 466 g/mol. The van der Waals surface area contributed by atoms with Crippen LogP contribution in [0.15, 0.2) is 30.7 Å². The molecule has 5 rings (SSSR count). The second kappa shape index (κ2) is 9.15. The van der Waals surface area contributed by atoms with E-state index in [-0.39, 0.29) is 0 Å². The lowest BCUT2D eigenvalue weighted by atomic mass is 9.92. The number of methoxy groups -OCH3 is 1. The fourth-order valence-electron chi connectivity index (χ4n) is 4.75. The van der Waals surface area contributed by atoms with Crippen molar-refractivity contribution in [2.75, 3.05) is 17.7 Å². The molecule has 0 bridgehead atoms. The van der Waals surface area contributed by atoms with Gasteiger partial charge in [-0.3, -0.25) is 4.68 Å². The number of nitrogens with zero attached hydrogens (tertiary/aromatic N) is 5. The maximum atomic E-state index is 5.59. The molecule has 0 saturated heterocycles. The van der Waals surface area contributed by atoms with Crippen molar-refractivity contribution >= 4 is 39.1 Å². The average Bonchev–Trinajstić information content (AvgIpc) is 3.54. The summed E-state index contributed by atoms with van der Waals surface area (Å²) in [7, 11) is 3.76. The van der Waals surface area contributed by atoms with Gasteiger partial charge in [0.25, 0.3) is 0 Å². The Balaban J connectivity index is 1.61. The number of ether oxygens (including phenoxy) is 1. The van der Waals surface area contributed by atoms with Gasteiger partial charge in [0.05, 0.1) is 40.4 Å². The third-order valence-electron chi connectivity index (χ3n) is 6.47. The van der Waals surface area contributed by atoms with Crippen molar-refractivity contribution in [1.29, 1.82) is 0 Å². The molecule has 0 aromatic carbocycles. The van der Waals surface area contributed by atoms with E-state index >= 15 is 0 Å². The first-order chi connectivity index (χ1) is 16.1. The van der Waals surface area contributed by atoms with E-state index in [1.165, 1.54) is 17.1 Å². The highest BCUT2D eigenvalue weighted by atomic mass is 32.1.